The van der Waals surface area contributed by atoms with E-state index < -0.39 is 0 Å². The number of hydrogen-bond donors (Lipinski definition) is 0. The molecule has 1 saturated carbocycles. The van der Waals surface area contributed by atoms with Gasteiger partial charge in [0.05, 0.1) is 5.92 Å². The lowest BCUT2D eigenvalue weighted by Crippen LogP contribution is -2.40. The average Bonchev–Trinajstić information content (AvgIpc) is 3.48. The highest BCUT2D eigenvalue weighted by Crippen LogP contribution is 2.33. The van der Waals surface area contributed by atoms with Gasteiger partial charge in [-0.3, -0.25) is 9.59 Å². The van der Waals surface area contributed by atoms with E-state index in [1.165, 1.54) is 5.56 Å². The molecule has 0 bridgehead atoms. The van der Waals surface area contributed by atoms with Gasteiger partial charge in [0.15, 0.2) is 0 Å². The van der Waals surface area contributed by atoms with Gasteiger partial charge >= 0.3 is 0 Å². The lowest BCUT2D eigenvalue weighted by molar-refractivity contribution is -0.135. The Balaban J connectivity index is 1.22. The molecule has 1 aromatic rings. The molecule has 0 radical (unpaired) electrons. The molecule has 2 amide bonds. The topological polar surface area (TPSA) is 43.9 Å². The van der Waals surface area contributed by atoms with E-state index in [1.807, 2.05) is 9.80 Å². The number of hydrogen-bond acceptors (Lipinski definition) is 3. The number of benzene rings is 1. The Bertz CT molecular complexity index is 659. The van der Waals surface area contributed by atoms with Gasteiger partial charge in [0, 0.05) is 38.6 Å². The number of amides is 2. The predicted octanol–water partition coefficient (Wildman–Crippen LogP) is 2.16. The number of rotatable bonds is 6. The van der Waals surface area contributed by atoms with Crippen molar-refractivity contribution in [1.29, 1.82) is 0 Å². The summed E-state index contributed by atoms with van der Waals surface area (Å²) in [5.74, 6) is 0.286. The Kier molecular flexibility index (Phi) is 5.77. The van der Waals surface area contributed by atoms with Gasteiger partial charge in [0.1, 0.15) is 0 Å². The van der Waals surface area contributed by atoms with Crippen LogP contribution in [0.25, 0.3) is 0 Å². The fourth-order valence-corrected chi connectivity index (χ4v) is 4.46. The van der Waals surface area contributed by atoms with Gasteiger partial charge in [0.25, 0.3) is 0 Å². The van der Waals surface area contributed by atoms with Crippen molar-refractivity contribution in [2.75, 3.05) is 39.3 Å². The normalized spacial score (nSPS) is 24.3. The molecule has 0 aromatic heterocycles. The van der Waals surface area contributed by atoms with Crippen LogP contribution in [0.4, 0.5) is 0 Å². The monoisotopic (exact) mass is 369 g/mol. The van der Waals surface area contributed by atoms with Gasteiger partial charge in [-0.1, -0.05) is 30.3 Å². The zero-order valence-electron chi connectivity index (χ0n) is 16.2. The second-order valence-electron chi connectivity index (χ2n) is 8.29. The minimum Gasteiger partial charge on any atom is -0.341 e. The maximum absolute atomic E-state index is 12.9. The third kappa shape index (κ3) is 4.70. The summed E-state index contributed by atoms with van der Waals surface area (Å²) >= 11 is 0. The summed E-state index contributed by atoms with van der Waals surface area (Å²) in [6.45, 7) is 5.40. The van der Waals surface area contributed by atoms with Gasteiger partial charge in [-0.05, 0) is 50.8 Å². The Morgan fingerprint density at radius 2 is 1.85 bits per heavy atom. The predicted molar refractivity (Wildman–Crippen MR) is 105 cm³/mol. The Morgan fingerprint density at radius 1 is 1.04 bits per heavy atom. The largest absolute Gasteiger partial charge is 0.341 e. The van der Waals surface area contributed by atoms with Crippen molar-refractivity contribution in [3.05, 3.63) is 35.9 Å². The van der Waals surface area contributed by atoms with Crippen LogP contribution in [0.5, 0.6) is 0 Å². The Morgan fingerprint density at radius 3 is 2.63 bits per heavy atom. The zero-order valence-corrected chi connectivity index (χ0v) is 16.2. The van der Waals surface area contributed by atoms with E-state index in [0.29, 0.717) is 19.0 Å². The van der Waals surface area contributed by atoms with Crippen molar-refractivity contribution in [2.24, 2.45) is 5.92 Å². The molecule has 0 N–H and O–H groups in total. The lowest BCUT2D eigenvalue weighted by Gasteiger charge is -2.24. The van der Waals surface area contributed by atoms with Crippen LogP contribution in [0.1, 0.15) is 37.7 Å². The van der Waals surface area contributed by atoms with E-state index in [0.717, 1.165) is 64.8 Å². The van der Waals surface area contributed by atoms with E-state index in [2.05, 4.69) is 35.2 Å². The number of nitrogens with zero attached hydrogens (tertiary/aromatic N) is 3. The molecule has 4 rings (SSSR count). The first-order valence-electron chi connectivity index (χ1n) is 10.6. The van der Waals surface area contributed by atoms with E-state index in [9.17, 15) is 9.59 Å². The highest BCUT2D eigenvalue weighted by Gasteiger charge is 2.42. The molecule has 3 aliphatic rings. The van der Waals surface area contributed by atoms with Crippen molar-refractivity contribution < 1.29 is 9.59 Å². The van der Waals surface area contributed by atoms with Crippen LogP contribution >= 0.6 is 0 Å². The van der Waals surface area contributed by atoms with Gasteiger partial charge < -0.3 is 14.7 Å². The van der Waals surface area contributed by atoms with Crippen LogP contribution in [0.2, 0.25) is 0 Å². The van der Waals surface area contributed by atoms with Gasteiger partial charge in [-0.25, -0.2) is 0 Å². The summed E-state index contributed by atoms with van der Waals surface area (Å²) in [4.78, 5) is 31.5. The van der Waals surface area contributed by atoms with Crippen LogP contribution in [-0.4, -0.2) is 71.8 Å². The van der Waals surface area contributed by atoms with Crippen LogP contribution in [-0.2, 0) is 16.0 Å². The summed E-state index contributed by atoms with van der Waals surface area (Å²) in [5.41, 5.74) is 1.40. The molecular formula is C22H31N3O2. The van der Waals surface area contributed by atoms with Crippen LogP contribution < -0.4 is 0 Å². The molecule has 1 atom stereocenters. The fourth-order valence-electron chi connectivity index (χ4n) is 4.46. The minimum atomic E-state index is -0.109. The standard InChI is InChI=1S/C22H31N3O2/c26-21-16-19(17-25(21)20-9-10-20)22(27)24-13-5-12-23(14-15-24)11-4-8-18-6-2-1-3-7-18/h1-3,6-7,19-20H,4-5,8-17H2/t19-/m1/s1. The van der Waals surface area contributed by atoms with E-state index in [1.54, 1.807) is 0 Å². The van der Waals surface area contributed by atoms with Gasteiger partial charge in [-0.15, -0.1) is 0 Å². The SMILES string of the molecule is O=C([C@@H]1CC(=O)N(C2CC2)C1)N1CCCN(CCCc2ccccc2)CC1. The van der Waals surface area contributed by atoms with Crippen molar-refractivity contribution in [1.82, 2.24) is 14.7 Å². The van der Waals surface area contributed by atoms with Crippen LogP contribution in [0.15, 0.2) is 30.3 Å². The molecule has 0 unspecified atom stereocenters. The summed E-state index contributed by atoms with van der Waals surface area (Å²) in [7, 11) is 0. The first-order chi connectivity index (χ1) is 13.2. The highest BCUT2D eigenvalue weighted by molar-refractivity contribution is 5.89. The third-order valence-electron chi connectivity index (χ3n) is 6.18. The summed E-state index contributed by atoms with van der Waals surface area (Å²) in [5, 5.41) is 0. The molecule has 5 nitrogen and oxygen atoms in total. The molecule has 0 spiro atoms. The molecule has 2 aliphatic heterocycles. The van der Waals surface area contributed by atoms with Gasteiger partial charge in [0.2, 0.25) is 11.8 Å². The second-order valence-corrected chi connectivity index (χ2v) is 8.29. The van der Waals surface area contributed by atoms with Crippen LogP contribution in [0.3, 0.4) is 0 Å². The number of likely N-dealkylation sites (tertiary alicyclic amines) is 1. The maximum Gasteiger partial charge on any atom is 0.228 e. The summed E-state index contributed by atoms with van der Waals surface area (Å²) < 4.78 is 0. The zero-order chi connectivity index (χ0) is 18.6. The summed E-state index contributed by atoms with van der Waals surface area (Å²) in [6.07, 6.45) is 5.96. The molecule has 3 fully saturated rings. The first-order valence-corrected chi connectivity index (χ1v) is 10.6. The molecule has 27 heavy (non-hydrogen) atoms. The maximum atomic E-state index is 12.9. The lowest BCUT2D eigenvalue weighted by atomic mass is 10.1. The number of carbonyl (C=O) groups excluding carboxylic acids is 2. The molecule has 5 heteroatoms. The second kappa shape index (κ2) is 8.42. The van der Waals surface area contributed by atoms with E-state index in [-0.39, 0.29) is 17.7 Å². The smallest absolute Gasteiger partial charge is 0.228 e. The van der Waals surface area contributed by atoms with Crippen LogP contribution in [0, 0.1) is 5.92 Å². The third-order valence-corrected chi connectivity index (χ3v) is 6.18. The van der Waals surface area contributed by atoms with Crippen molar-refractivity contribution >= 4 is 11.8 Å². The molecule has 1 aromatic carbocycles. The summed E-state index contributed by atoms with van der Waals surface area (Å²) in [6, 6.07) is 11.1. The Hall–Kier alpha value is -1.88. The average molecular weight is 370 g/mol. The van der Waals surface area contributed by atoms with E-state index >= 15 is 0 Å². The quantitative estimate of drug-likeness (QED) is 0.772. The first kappa shape index (κ1) is 18.5. The van der Waals surface area contributed by atoms with Crippen molar-refractivity contribution in [2.45, 2.75) is 44.6 Å². The minimum absolute atomic E-state index is 0.109. The fraction of sp³-hybridized carbons (Fsp3) is 0.636. The molecule has 146 valence electrons. The number of aryl methyl sites for hydroxylation is 1. The highest BCUT2D eigenvalue weighted by atomic mass is 16.2. The van der Waals surface area contributed by atoms with Gasteiger partial charge in [-0.2, -0.15) is 0 Å². The molecular weight excluding hydrogens is 338 g/mol. The molecule has 2 saturated heterocycles. The Labute approximate surface area is 162 Å². The molecule has 1 aliphatic carbocycles. The van der Waals surface area contributed by atoms with Crippen molar-refractivity contribution in [3.8, 4) is 0 Å². The van der Waals surface area contributed by atoms with Crippen molar-refractivity contribution in [3.63, 3.8) is 0 Å². The van der Waals surface area contributed by atoms with E-state index in [4.69, 9.17) is 0 Å². The number of carbonyl (C=O) groups is 2. The molecule has 2 heterocycles.